The Balaban J connectivity index is 2.22. The van der Waals surface area contributed by atoms with Crippen LogP contribution < -0.4 is 16.2 Å². The summed E-state index contributed by atoms with van der Waals surface area (Å²) >= 11 is 0. The minimum absolute atomic E-state index is 0.683. The van der Waals surface area contributed by atoms with Gasteiger partial charge in [-0.15, -0.1) is 0 Å². The Morgan fingerprint density at radius 1 is 1.27 bits per heavy atom. The molecule has 0 aromatic carbocycles. The van der Waals surface area contributed by atoms with E-state index in [0.717, 1.165) is 24.7 Å². The van der Waals surface area contributed by atoms with Crippen molar-refractivity contribution in [3.63, 3.8) is 0 Å². The summed E-state index contributed by atoms with van der Waals surface area (Å²) < 4.78 is 0. The van der Waals surface area contributed by atoms with Crippen LogP contribution in [0.5, 0.6) is 0 Å². The van der Waals surface area contributed by atoms with Crippen LogP contribution in [0, 0.1) is 6.92 Å². The average molecular weight is 207 g/mol. The Morgan fingerprint density at radius 3 is 2.67 bits per heavy atom. The highest BCUT2D eigenvalue weighted by Crippen LogP contribution is 2.17. The van der Waals surface area contributed by atoms with Gasteiger partial charge in [0, 0.05) is 24.8 Å². The molecule has 3 N–H and O–H groups in total. The molecule has 0 radical (unpaired) electrons. The highest BCUT2D eigenvalue weighted by atomic mass is 15.3. The second-order valence-electron chi connectivity index (χ2n) is 3.89. The standard InChI is InChI=1S/C10H17N5/c1-8-7-9(14-11)13-10(12-8)15-5-3-2-4-6-15/h7H,2-6,11H2,1H3,(H,12,13,14). The van der Waals surface area contributed by atoms with Gasteiger partial charge in [0.15, 0.2) is 0 Å². The van der Waals surface area contributed by atoms with Crippen molar-refractivity contribution >= 4 is 11.8 Å². The van der Waals surface area contributed by atoms with Gasteiger partial charge in [-0.3, -0.25) is 0 Å². The minimum Gasteiger partial charge on any atom is -0.341 e. The SMILES string of the molecule is Cc1cc(NN)nc(N2CCCCC2)n1. The smallest absolute Gasteiger partial charge is 0.227 e. The lowest BCUT2D eigenvalue weighted by atomic mass is 10.1. The van der Waals surface area contributed by atoms with Crippen molar-refractivity contribution in [2.75, 3.05) is 23.4 Å². The lowest BCUT2D eigenvalue weighted by Gasteiger charge is -2.26. The maximum Gasteiger partial charge on any atom is 0.227 e. The molecule has 0 bridgehead atoms. The van der Waals surface area contributed by atoms with Crippen LogP contribution in [0.2, 0.25) is 0 Å². The Bertz CT molecular complexity index is 333. The van der Waals surface area contributed by atoms with Gasteiger partial charge >= 0.3 is 0 Å². The Morgan fingerprint density at radius 2 is 2.00 bits per heavy atom. The van der Waals surface area contributed by atoms with Gasteiger partial charge in [0.25, 0.3) is 0 Å². The summed E-state index contributed by atoms with van der Waals surface area (Å²) in [5.41, 5.74) is 3.51. The quantitative estimate of drug-likeness (QED) is 0.560. The van der Waals surface area contributed by atoms with E-state index in [1.807, 2.05) is 13.0 Å². The number of hydrogen-bond acceptors (Lipinski definition) is 5. The zero-order valence-corrected chi connectivity index (χ0v) is 9.03. The number of nitrogens with two attached hydrogens (primary N) is 1. The molecule has 82 valence electrons. The molecule has 5 heteroatoms. The van der Waals surface area contributed by atoms with Gasteiger partial charge in [-0.05, 0) is 26.2 Å². The summed E-state index contributed by atoms with van der Waals surface area (Å²) in [5, 5.41) is 0. The van der Waals surface area contributed by atoms with E-state index in [-0.39, 0.29) is 0 Å². The van der Waals surface area contributed by atoms with E-state index in [0.29, 0.717) is 5.82 Å². The van der Waals surface area contributed by atoms with Crippen molar-refractivity contribution in [3.05, 3.63) is 11.8 Å². The molecule has 1 fully saturated rings. The van der Waals surface area contributed by atoms with Crippen molar-refractivity contribution in [1.29, 1.82) is 0 Å². The molecule has 0 aliphatic carbocycles. The summed E-state index contributed by atoms with van der Waals surface area (Å²) in [6, 6.07) is 1.84. The molecular weight excluding hydrogens is 190 g/mol. The van der Waals surface area contributed by atoms with E-state index >= 15 is 0 Å². The fourth-order valence-electron chi connectivity index (χ4n) is 1.86. The molecule has 1 aromatic heterocycles. The average Bonchev–Trinajstić information content (AvgIpc) is 2.29. The van der Waals surface area contributed by atoms with Gasteiger partial charge in [-0.1, -0.05) is 0 Å². The monoisotopic (exact) mass is 207 g/mol. The van der Waals surface area contributed by atoms with Crippen LogP contribution in [0.15, 0.2) is 6.07 Å². The lowest BCUT2D eigenvalue weighted by molar-refractivity contribution is 0.568. The Kier molecular flexibility index (Phi) is 3.01. The third-order valence-corrected chi connectivity index (χ3v) is 2.63. The number of anilines is 2. The summed E-state index contributed by atoms with van der Waals surface area (Å²) in [5.74, 6) is 6.84. The number of nitrogen functional groups attached to an aromatic ring is 1. The number of aryl methyl sites for hydroxylation is 1. The molecule has 0 amide bonds. The number of nitrogens with zero attached hydrogens (tertiary/aromatic N) is 3. The third-order valence-electron chi connectivity index (χ3n) is 2.63. The molecule has 15 heavy (non-hydrogen) atoms. The van der Waals surface area contributed by atoms with Gasteiger partial charge in [0.1, 0.15) is 5.82 Å². The number of rotatable bonds is 2. The molecule has 1 aliphatic rings. The highest BCUT2D eigenvalue weighted by Gasteiger charge is 2.14. The van der Waals surface area contributed by atoms with Crippen molar-refractivity contribution in [2.45, 2.75) is 26.2 Å². The second-order valence-corrected chi connectivity index (χ2v) is 3.89. The van der Waals surface area contributed by atoms with Crippen LogP contribution in [-0.4, -0.2) is 23.1 Å². The molecule has 1 aromatic rings. The summed E-state index contributed by atoms with van der Waals surface area (Å²) in [6.07, 6.45) is 3.76. The molecule has 0 spiro atoms. The Hall–Kier alpha value is -1.36. The van der Waals surface area contributed by atoms with Crippen LogP contribution in [0.1, 0.15) is 25.0 Å². The molecule has 1 saturated heterocycles. The zero-order valence-electron chi connectivity index (χ0n) is 9.03. The number of piperidine rings is 1. The molecule has 0 atom stereocenters. The normalized spacial score (nSPS) is 16.5. The first-order valence-corrected chi connectivity index (χ1v) is 5.37. The summed E-state index contributed by atoms with van der Waals surface area (Å²) in [4.78, 5) is 11.0. The first-order chi connectivity index (χ1) is 7.29. The zero-order chi connectivity index (χ0) is 10.7. The van der Waals surface area contributed by atoms with Gasteiger partial charge < -0.3 is 10.3 Å². The van der Waals surface area contributed by atoms with Crippen LogP contribution in [0.3, 0.4) is 0 Å². The van der Waals surface area contributed by atoms with Crippen molar-refractivity contribution in [2.24, 2.45) is 5.84 Å². The first-order valence-electron chi connectivity index (χ1n) is 5.37. The van der Waals surface area contributed by atoms with E-state index in [9.17, 15) is 0 Å². The predicted octanol–water partition coefficient (Wildman–Crippen LogP) is 1.06. The molecule has 5 nitrogen and oxygen atoms in total. The first kappa shape index (κ1) is 10.2. The van der Waals surface area contributed by atoms with Crippen molar-refractivity contribution in [3.8, 4) is 0 Å². The van der Waals surface area contributed by atoms with Crippen LogP contribution in [0.25, 0.3) is 0 Å². The largest absolute Gasteiger partial charge is 0.341 e. The second kappa shape index (κ2) is 4.44. The summed E-state index contributed by atoms with van der Waals surface area (Å²) in [7, 11) is 0. The molecule has 0 saturated carbocycles. The highest BCUT2D eigenvalue weighted by molar-refractivity contribution is 5.42. The topological polar surface area (TPSA) is 67.1 Å². The number of hydrazine groups is 1. The van der Waals surface area contributed by atoms with E-state index in [1.54, 1.807) is 0 Å². The van der Waals surface area contributed by atoms with Crippen LogP contribution in [0.4, 0.5) is 11.8 Å². The molecule has 2 rings (SSSR count). The van der Waals surface area contributed by atoms with E-state index in [1.165, 1.54) is 19.3 Å². The van der Waals surface area contributed by atoms with Crippen molar-refractivity contribution in [1.82, 2.24) is 9.97 Å². The molecule has 0 unspecified atom stereocenters. The number of hydrogen-bond donors (Lipinski definition) is 2. The van der Waals surface area contributed by atoms with Crippen LogP contribution >= 0.6 is 0 Å². The minimum atomic E-state index is 0.683. The fourth-order valence-corrected chi connectivity index (χ4v) is 1.86. The third kappa shape index (κ3) is 2.36. The van der Waals surface area contributed by atoms with E-state index in [4.69, 9.17) is 5.84 Å². The maximum atomic E-state index is 5.36. The molecular formula is C10H17N5. The van der Waals surface area contributed by atoms with Gasteiger partial charge in [0.05, 0.1) is 0 Å². The van der Waals surface area contributed by atoms with Gasteiger partial charge in [-0.25, -0.2) is 10.8 Å². The van der Waals surface area contributed by atoms with Gasteiger partial charge in [0.2, 0.25) is 5.95 Å². The fraction of sp³-hybridized carbons (Fsp3) is 0.600. The van der Waals surface area contributed by atoms with Gasteiger partial charge in [-0.2, -0.15) is 4.98 Å². The molecule has 1 aliphatic heterocycles. The van der Waals surface area contributed by atoms with E-state index in [2.05, 4.69) is 20.3 Å². The Labute approximate surface area is 89.7 Å². The van der Waals surface area contributed by atoms with Crippen LogP contribution in [-0.2, 0) is 0 Å². The number of nitrogens with one attached hydrogen (secondary N) is 1. The van der Waals surface area contributed by atoms with E-state index < -0.39 is 0 Å². The predicted molar refractivity (Wildman–Crippen MR) is 60.6 cm³/mol. The number of aromatic nitrogens is 2. The summed E-state index contributed by atoms with van der Waals surface area (Å²) in [6.45, 7) is 4.05. The van der Waals surface area contributed by atoms with Crippen molar-refractivity contribution < 1.29 is 0 Å². The maximum absolute atomic E-state index is 5.36. The molecule has 2 heterocycles. The lowest BCUT2D eigenvalue weighted by Crippen LogP contribution is -2.31.